The van der Waals surface area contributed by atoms with E-state index in [4.69, 9.17) is 0 Å². The van der Waals surface area contributed by atoms with Crippen molar-refractivity contribution in [2.45, 2.75) is 53.0 Å². The van der Waals surface area contributed by atoms with Crippen LogP contribution in [0.25, 0.3) is 0 Å². The first-order valence-electron chi connectivity index (χ1n) is 8.13. The maximum atomic E-state index is 12.1. The molecule has 0 bridgehead atoms. The lowest BCUT2D eigenvalue weighted by atomic mass is 9.65. The minimum Gasteiger partial charge on any atom is -0.356 e. The normalized spacial score (nSPS) is 24.0. The highest BCUT2D eigenvalue weighted by atomic mass is 16.2. The second kappa shape index (κ2) is 5.85. The number of likely N-dealkylation sites (tertiary alicyclic amines) is 2. The molecule has 0 radical (unpaired) electrons. The molecule has 2 rings (SSSR count). The van der Waals surface area contributed by atoms with E-state index in [9.17, 15) is 4.79 Å². The minimum atomic E-state index is 0.0602. The largest absolute Gasteiger partial charge is 0.356 e. The minimum absolute atomic E-state index is 0.0602. The van der Waals surface area contributed by atoms with Gasteiger partial charge in [0.15, 0.2) is 5.96 Å². The summed E-state index contributed by atoms with van der Waals surface area (Å²) in [5.74, 6) is 1.02. The Hall–Kier alpha value is -1.26. The van der Waals surface area contributed by atoms with Crippen LogP contribution >= 0.6 is 0 Å². The van der Waals surface area contributed by atoms with E-state index in [0.717, 1.165) is 45.0 Å². The van der Waals surface area contributed by atoms with Gasteiger partial charge in [-0.1, -0.05) is 13.8 Å². The number of carbonyl (C=O) groups is 1. The van der Waals surface area contributed by atoms with Crippen LogP contribution in [0.5, 0.6) is 0 Å². The average Bonchev–Trinajstić information content (AvgIpc) is 2.95. The zero-order chi connectivity index (χ0) is 15.7. The molecule has 0 aromatic carbocycles. The lowest BCUT2D eigenvalue weighted by Crippen LogP contribution is -2.72. The Kier molecular flexibility index (Phi) is 4.49. The Bertz CT molecular complexity index is 422. The zero-order valence-electron chi connectivity index (χ0n) is 14.2. The van der Waals surface area contributed by atoms with Gasteiger partial charge in [-0.2, -0.15) is 0 Å². The molecule has 1 amide bonds. The van der Waals surface area contributed by atoms with E-state index in [1.807, 2.05) is 4.90 Å². The van der Waals surface area contributed by atoms with Gasteiger partial charge in [0.05, 0.1) is 0 Å². The van der Waals surface area contributed by atoms with Crippen LogP contribution in [-0.2, 0) is 4.79 Å². The zero-order valence-corrected chi connectivity index (χ0v) is 14.2. The molecule has 0 aromatic rings. The molecular formula is C16H30N4O. The maximum absolute atomic E-state index is 12.1. The first kappa shape index (κ1) is 16.1. The number of hydrogen-bond donors (Lipinski definition) is 1. The summed E-state index contributed by atoms with van der Waals surface area (Å²) in [5, 5.41) is 3.33. The fourth-order valence-electron chi connectivity index (χ4n) is 3.00. The summed E-state index contributed by atoms with van der Waals surface area (Å²) in [6.45, 7) is 15.0. The van der Waals surface area contributed by atoms with Gasteiger partial charge in [-0.05, 0) is 33.6 Å². The number of aliphatic imine (C=N–C) groups is 1. The van der Waals surface area contributed by atoms with E-state index in [1.54, 1.807) is 0 Å². The van der Waals surface area contributed by atoms with E-state index < -0.39 is 0 Å². The summed E-state index contributed by atoms with van der Waals surface area (Å²) in [4.78, 5) is 20.9. The van der Waals surface area contributed by atoms with Gasteiger partial charge in [0.25, 0.3) is 0 Å². The maximum Gasteiger partial charge on any atom is 0.244 e. The lowest BCUT2D eigenvalue weighted by Gasteiger charge is -2.62. The third kappa shape index (κ3) is 3.01. The number of carbonyl (C=O) groups excluding carboxylic acids is 1. The predicted molar refractivity (Wildman–Crippen MR) is 86.4 cm³/mol. The Morgan fingerprint density at radius 1 is 1.19 bits per heavy atom. The SMILES string of the molecule is CCNC(=NCC(=O)N1CCCC1)N1CC(C)(C)C1(C)C. The van der Waals surface area contributed by atoms with E-state index in [0.29, 0.717) is 0 Å². The summed E-state index contributed by atoms with van der Waals surface area (Å²) in [5.41, 5.74) is 0.326. The van der Waals surface area contributed by atoms with Gasteiger partial charge in [0, 0.05) is 37.1 Å². The van der Waals surface area contributed by atoms with Crippen molar-refractivity contribution in [3.63, 3.8) is 0 Å². The lowest BCUT2D eigenvalue weighted by molar-refractivity contribution is -0.128. The number of nitrogens with zero attached hydrogens (tertiary/aromatic N) is 3. The van der Waals surface area contributed by atoms with Crippen molar-refractivity contribution in [2.75, 3.05) is 32.7 Å². The molecule has 1 N–H and O–H groups in total. The molecule has 5 nitrogen and oxygen atoms in total. The fourth-order valence-corrected chi connectivity index (χ4v) is 3.00. The van der Waals surface area contributed by atoms with Crippen LogP contribution in [0.2, 0.25) is 0 Å². The standard InChI is InChI=1S/C16H30N4O/c1-6-17-14(20-12-15(2,3)16(20,4)5)18-11-13(21)19-9-7-8-10-19/h6-12H2,1-5H3,(H,17,18). The summed E-state index contributed by atoms with van der Waals surface area (Å²) in [6, 6.07) is 0. The van der Waals surface area contributed by atoms with Gasteiger partial charge in [-0.15, -0.1) is 0 Å². The molecule has 0 saturated carbocycles. The second-order valence-corrected chi connectivity index (χ2v) is 7.29. The van der Waals surface area contributed by atoms with Crippen LogP contribution < -0.4 is 5.32 Å². The smallest absolute Gasteiger partial charge is 0.244 e. The van der Waals surface area contributed by atoms with Gasteiger partial charge in [0.2, 0.25) is 5.91 Å². The van der Waals surface area contributed by atoms with Crippen molar-refractivity contribution in [1.29, 1.82) is 0 Å². The number of nitrogens with one attached hydrogen (secondary N) is 1. The molecule has 2 saturated heterocycles. The topological polar surface area (TPSA) is 47.9 Å². The molecule has 120 valence electrons. The van der Waals surface area contributed by atoms with Crippen molar-refractivity contribution in [3.8, 4) is 0 Å². The fraction of sp³-hybridized carbons (Fsp3) is 0.875. The summed E-state index contributed by atoms with van der Waals surface area (Å²) >= 11 is 0. The van der Waals surface area contributed by atoms with E-state index in [2.05, 4.69) is 49.8 Å². The highest BCUT2D eigenvalue weighted by Gasteiger charge is 2.53. The van der Waals surface area contributed by atoms with E-state index in [-0.39, 0.29) is 23.4 Å². The Morgan fingerprint density at radius 3 is 2.29 bits per heavy atom. The monoisotopic (exact) mass is 294 g/mol. The third-order valence-corrected chi connectivity index (χ3v) is 5.30. The summed E-state index contributed by atoms with van der Waals surface area (Å²) in [6.07, 6.45) is 2.26. The molecular weight excluding hydrogens is 264 g/mol. The summed E-state index contributed by atoms with van der Waals surface area (Å²) in [7, 11) is 0. The first-order chi connectivity index (χ1) is 9.79. The molecule has 0 spiro atoms. The van der Waals surface area contributed by atoms with E-state index in [1.165, 1.54) is 0 Å². The van der Waals surface area contributed by atoms with Crippen LogP contribution in [0.15, 0.2) is 4.99 Å². The number of hydrogen-bond acceptors (Lipinski definition) is 2. The number of guanidine groups is 1. The van der Waals surface area contributed by atoms with Gasteiger partial charge in [-0.3, -0.25) is 4.79 Å². The van der Waals surface area contributed by atoms with Gasteiger partial charge in [-0.25, -0.2) is 4.99 Å². The first-order valence-corrected chi connectivity index (χ1v) is 8.13. The molecule has 2 fully saturated rings. The highest BCUT2D eigenvalue weighted by molar-refractivity contribution is 5.86. The molecule has 5 heteroatoms. The van der Waals surface area contributed by atoms with Crippen LogP contribution in [0.1, 0.15) is 47.5 Å². The van der Waals surface area contributed by atoms with Crippen LogP contribution in [0.4, 0.5) is 0 Å². The highest BCUT2D eigenvalue weighted by Crippen LogP contribution is 2.46. The van der Waals surface area contributed by atoms with Gasteiger partial charge < -0.3 is 15.1 Å². The molecule has 2 aliphatic rings. The Labute approximate surface area is 128 Å². The quantitative estimate of drug-likeness (QED) is 0.636. The van der Waals surface area contributed by atoms with Crippen LogP contribution in [0.3, 0.4) is 0 Å². The molecule has 0 aliphatic carbocycles. The van der Waals surface area contributed by atoms with E-state index >= 15 is 0 Å². The van der Waals surface area contributed by atoms with Crippen molar-refractivity contribution in [1.82, 2.24) is 15.1 Å². The average molecular weight is 294 g/mol. The van der Waals surface area contributed by atoms with Crippen molar-refractivity contribution < 1.29 is 4.79 Å². The molecule has 21 heavy (non-hydrogen) atoms. The van der Waals surface area contributed by atoms with Crippen LogP contribution in [0, 0.1) is 5.41 Å². The molecule has 2 aliphatic heterocycles. The van der Waals surface area contributed by atoms with Gasteiger partial charge in [0.1, 0.15) is 6.54 Å². The Balaban J connectivity index is 2.02. The predicted octanol–water partition coefficient (Wildman–Crippen LogP) is 1.69. The second-order valence-electron chi connectivity index (χ2n) is 7.29. The van der Waals surface area contributed by atoms with Crippen molar-refractivity contribution in [2.24, 2.45) is 10.4 Å². The van der Waals surface area contributed by atoms with Gasteiger partial charge >= 0.3 is 0 Å². The Morgan fingerprint density at radius 2 is 1.81 bits per heavy atom. The molecule has 0 unspecified atom stereocenters. The van der Waals surface area contributed by atoms with Crippen LogP contribution in [-0.4, -0.2) is 59.9 Å². The van der Waals surface area contributed by atoms with Crippen molar-refractivity contribution in [3.05, 3.63) is 0 Å². The molecule has 2 heterocycles. The molecule has 0 aromatic heterocycles. The molecule has 0 atom stereocenters. The van der Waals surface area contributed by atoms with Crippen molar-refractivity contribution >= 4 is 11.9 Å². The summed E-state index contributed by atoms with van der Waals surface area (Å²) < 4.78 is 0. The number of amides is 1. The third-order valence-electron chi connectivity index (χ3n) is 5.30. The number of rotatable bonds is 3.